The highest BCUT2D eigenvalue weighted by Crippen LogP contribution is 2.63. The molecule has 4 nitrogen and oxygen atoms in total. The molecule has 0 amide bonds. The third-order valence-electron chi connectivity index (χ3n) is 7.48. The number of hydrogen-bond acceptors (Lipinski definition) is 4. The lowest BCUT2D eigenvalue weighted by Crippen LogP contribution is -2.28. The summed E-state index contributed by atoms with van der Waals surface area (Å²) in [7, 11) is -3.33. The Morgan fingerprint density at radius 3 is 2.43 bits per heavy atom. The maximum absolute atomic E-state index is 13.8. The first-order chi connectivity index (χ1) is 14.2. The molecule has 0 N–H and O–H groups in total. The van der Waals surface area contributed by atoms with Crippen molar-refractivity contribution in [1.82, 2.24) is 0 Å². The summed E-state index contributed by atoms with van der Waals surface area (Å²) in [5.74, 6) is -3.17. The van der Waals surface area contributed by atoms with Gasteiger partial charge in [-0.15, -0.1) is 0 Å². The first-order valence-corrected chi connectivity index (χ1v) is 12.7. The van der Waals surface area contributed by atoms with E-state index in [1.165, 1.54) is 0 Å². The molecule has 4 aliphatic carbocycles. The minimum Gasteiger partial charge on any atom is -0.465 e. The summed E-state index contributed by atoms with van der Waals surface area (Å²) in [6, 6.07) is 5.29. The highest BCUT2D eigenvalue weighted by atomic mass is 32.2. The van der Waals surface area contributed by atoms with Gasteiger partial charge in [-0.3, -0.25) is 4.79 Å². The van der Waals surface area contributed by atoms with Crippen molar-refractivity contribution in [2.75, 3.05) is 6.61 Å². The van der Waals surface area contributed by atoms with Gasteiger partial charge < -0.3 is 4.74 Å². The predicted molar refractivity (Wildman–Crippen MR) is 107 cm³/mol. The lowest BCUT2D eigenvalue weighted by Gasteiger charge is -2.21. The zero-order chi connectivity index (χ0) is 21.3. The summed E-state index contributed by atoms with van der Waals surface area (Å²) < 4.78 is 58.9. The van der Waals surface area contributed by atoms with Crippen LogP contribution >= 0.6 is 0 Å². The monoisotopic (exact) mass is 438 g/mol. The van der Waals surface area contributed by atoms with Crippen molar-refractivity contribution >= 4 is 15.8 Å². The van der Waals surface area contributed by atoms with E-state index in [4.69, 9.17) is 4.74 Å². The lowest BCUT2D eigenvalue weighted by molar-refractivity contribution is -0.147. The average Bonchev–Trinajstić information content (AvgIpc) is 3.57. The normalized spacial score (nSPS) is 32.8. The van der Waals surface area contributed by atoms with Gasteiger partial charge in [0.1, 0.15) is 0 Å². The fourth-order valence-electron chi connectivity index (χ4n) is 5.49. The molecule has 0 saturated heterocycles. The zero-order valence-electron chi connectivity index (χ0n) is 17.2. The van der Waals surface area contributed by atoms with Gasteiger partial charge in [0.25, 0.3) is 0 Å². The van der Waals surface area contributed by atoms with E-state index < -0.39 is 21.2 Å². The van der Waals surface area contributed by atoms with Crippen LogP contribution in [0.15, 0.2) is 23.1 Å². The van der Waals surface area contributed by atoms with E-state index in [2.05, 4.69) is 0 Å². The van der Waals surface area contributed by atoms with Gasteiger partial charge in [0.2, 0.25) is 5.92 Å². The van der Waals surface area contributed by atoms with Gasteiger partial charge in [-0.2, -0.15) is 0 Å². The van der Waals surface area contributed by atoms with Gasteiger partial charge in [-0.1, -0.05) is 12.1 Å². The highest BCUT2D eigenvalue weighted by molar-refractivity contribution is 7.92. The van der Waals surface area contributed by atoms with Crippen molar-refractivity contribution in [2.24, 2.45) is 11.8 Å². The first-order valence-electron chi connectivity index (χ1n) is 11.1. The summed E-state index contributed by atoms with van der Waals surface area (Å²) in [5.41, 5.74) is 0.648. The molecule has 4 fully saturated rings. The van der Waals surface area contributed by atoms with E-state index in [9.17, 15) is 22.0 Å². The molecule has 0 radical (unpaired) electrons. The SMILES string of the molecule is CCOC(=O)C1(c2ccc(S(=O)(=O)C3CC3)c(C3CC3)c2)CC1C1CCC(F)(F)C1. The van der Waals surface area contributed by atoms with Crippen LogP contribution < -0.4 is 0 Å². The topological polar surface area (TPSA) is 60.4 Å². The van der Waals surface area contributed by atoms with Crippen LogP contribution in [0.25, 0.3) is 0 Å². The van der Waals surface area contributed by atoms with Crippen LogP contribution in [0, 0.1) is 11.8 Å². The van der Waals surface area contributed by atoms with Gasteiger partial charge in [0.15, 0.2) is 9.84 Å². The van der Waals surface area contributed by atoms with Crippen molar-refractivity contribution in [3.63, 3.8) is 0 Å². The standard InChI is InChI=1S/C23H28F2O4S/c1-2-29-21(26)23(13-19(23)15-9-10-22(24,25)12-15)16-5-8-20(18(11-16)14-3-4-14)30(27,28)17-6-7-17/h5,8,11,14-15,17,19H,2-4,6-7,9-10,12-13H2,1H3. The van der Waals surface area contributed by atoms with Crippen LogP contribution in [0.4, 0.5) is 8.78 Å². The Morgan fingerprint density at radius 1 is 1.13 bits per heavy atom. The van der Waals surface area contributed by atoms with E-state index in [0.29, 0.717) is 30.6 Å². The van der Waals surface area contributed by atoms with E-state index in [1.807, 2.05) is 6.07 Å². The van der Waals surface area contributed by atoms with Crippen molar-refractivity contribution in [1.29, 1.82) is 0 Å². The molecule has 1 aromatic rings. The quantitative estimate of drug-likeness (QED) is 0.576. The van der Waals surface area contributed by atoms with Gasteiger partial charge in [-0.25, -0.2) is 17.2 Å². The molecule has 3 unspecified atom stereocenters. The fourth-order valence-corrected chi connectivity index (χ4v) is 7.41. The van der Waals surface area contributed by atoms with Crippen molar-refractivity contribution in [3.05, 3.63) is 29.3 Å². The van der Waals surface area contributed by atoms with E-state index >= 15 is 0 Å². The molecule has 0 bridgehead atoms. The van der Waals surface area contributed by atoms with E-state index in [1.54, 1.807) is 19.1 Å². The second kappa shape index (κ2) is 6.75. The van der Waals surface area contributed by atoms with E-state index in [0.717, 1.165) is 24.0 Å². The van der Waals surface area contributed by atoms with Gasteiger partial charge in [0.05, 0.1) is 22.2 Å². The van der Waals surface area contributed by atoms with Crippen molar-refractivity contribution in [2.45, 2.75) is 85.7 Å². The van der Waals surface area contributed by atoms with Gasteiger partial charge in [0, 0.05) is 12.8 Å². The summed E-state index contributed by atoms with van der Waals surface area (Å²) in [5, 5.41) is -0.283. The fraction of sp³-hybridized carbons (Fsp3) is 0.696. The number of carbonyl (C=O) groups is 1. The van der Waals surface area contributed by atoms with Gasteiger partial charge >= 0.3 is 5.97 Å². The number of sulfone groups is 1. The predicted octanol–water partition coefficient (Wildman–Crippen LogP) is 4.76. The van der Waals surface area contributed by atoms with Crippen LogP contribution in [0.2, 0.25) is 0 Å². The lowest BCUT2D eigenvalue weighted by atomic mass is 9.86. The minimum atomic E-state index is -3.33. The Bertz CT molecular complexity index is 981. The van der Waals surface area contributed by atoms with Crippen LogP contribution in [-0.4, -0.2) is 32.2 Å². The molecule has 164 valence electrons. The summed E-state index contributed by atoms with van der Waals surface area (Å²) in [4.78, 5) is 13.4. The molecular formula is C23H28F2O4S. The van der Waals surface area contributed by atoms with Crippen molar-refractivity contribution in [3.8, 4) is 0 Å². The Morgan fingerprint density at radius 2 is 1.87 bits per heavy atom. The maximum atomic E-state index is 13.8. The number of rotatable bonds is 7. The molecule has 0 spiro atoms. The maximum Gasteiger partial charge on any atom is 0.316 e. The Kier molecular flexibility index (Phi) is 4.59. The molecule has 7 heteroatoms. The third kappa shape index (κ3) is 3.28. The second-order valence-electron chi connectivity index (χ2n) is 9.63. The molecule has 3 atom stereocenters. The van der Waals surface area contributed by atoms with Crippen LogP contribution in [0.1, 0.15) is 75.3 Å². The first kappa shape index (κ1) is 20.4. The molecule has 4 saturated carbocycles. The minimum absolute atomic E-state index is 0.126. The number of benzene rings is 1. The Hall–Kier alpha value is -1.50. The van der Waals surface area contributed by atoms with Crippen LogP contribution in [0.5, 0.6) is 0 Å². The van der Waals surface area contributed by atoms with Crippen molar-refractivity contribution < 1.29 is 26.7 Å². The molecule has 0 aliphatic heterocycles. The third-order valence-corrected chi connectivity index (χ3v) is 9.81. The average molecular weight is 439 g/mol. The molecule has 30 heavy (non-hydrogen) atoms. The molecular weight excluding hydrogens is 410 g/mol. The summed E-state index contributed by atoms with van der Waals surface area (Å²) in [6.07, 6.45) is 3.93. The van der Waals surface area contributed by atoms with Crippen LogP contribution in [0.3, 0.4) is 0 Å². The largest absolute Gasteiger partial charge is 0.465 e. The van der Waals surface area contributed by atoms with Gasteiger partial charge in [-0.05, 0) is 80.4 Å². The second-order valence-corrected chi connectivity index (χ2v) is 11.8. The Labute approximate surface area is 176 Å². The molecule has 5 rings (SSSR count). The number of ether oxygens (including phenoxy) is 1. The smallest absolute Gasteiger partial charge is 0.316 e. The Balaban J connectivity index is 1.53. The number of alkyl halides is 2. The summed E-state index contributed by atoms with van der Waals surface area (Å²) in [6.45, 7) is 1.98. The number of esters is 1. The number of halogens is 2. The molecule has 0 aromatic heterocycles. The summed E-state index contributed by atoms with van der Waals surface area (Å²) >= 11 is 0. The zero-order valence-corrected chi connectivity index (χ0v) is 18.0. The number of hydrogen-bond donors (Lipinski definition) is 0. The molecule has 4 aliphatic rings. The van der Waals surface area contributed by atoms with E-state index in [-0.39, 0.29) is 48.4 Å². The molecule has 1 aromatic carbocycles. The number of carbonyl (C=O) groups excluding carboxylic acids is 1. The highest BCUT2D eigenvalue weighted by Gasteiger charge is 2.66. The molecule has 0 heterocycles. The van der Waals surface area contributed by atoms with Crippen LogP contribution in [-0.2, 0) is 24.8 Å².